The normalized spacial score (nSPS) is 13.0. The van der Waals surface area contributed by atoms with Crippen molar-refractivity contribution in [1.82, 2.24) is 5.32 Å². The molecule has 0 fully saturated rings. The van der Waals surface area contributed by atoms with Gasteiger partial charge in [0.05, 0.1) is 25.4 Å². The van der Waals surface area contributed by atoms with Crippen LogP contribution in [0.25, 0.3) is 0 Å². The van der Waals surface area contributed by atoms with Gasteiger partial charge in [-0.3, -0.25) is 9.59 Å². The van der Waals surface area contributed by atoms with Crippen LogP contribution in [-0.2, 0) is 14.3 Å². The van der Waals surface area contributed by atoms with E-state index in [-0.39, 0.29) is 18.5 Å². The molecule has 0 saturated carbocycles. The van der Waals surface area contributed by atoms with E-state index in [1.807, 2.05) is 6.08 Å². The van der Waals surface area contributed by atoms with Crippen LogP contribution in [0.4, 0.5) is 0 Å². The number of rotatable bonds is 50. The van der Waals surface area contributed by atoms with Crippen LogP contribution in [0.5, 0.6) is 0 Å². The number of ether oxygens (including phenoxy) is 1. The zero-order valence-electron chi connectivity index (χ0n) is 41.8. The number of amides is 1. The Bertz CT molecular complexity index is 1070. The summed E-state index contributed by atoms with van der Waals surface area (Å²) in [7, 11) is 0. The van der Waals surface area contributed by atoms with Crippen LogP contribution in [0.3, 0.4) is 0 Å². The van der Waals surface area contributed by atoms with Gasteiger partial charge in [-0.05, 0) is 83.5 Å². The van der Waals surface area contributed by atoms with E-state index in [4.69, 9.17) is 4.74 Å². The van der Waals surface area contributed by atoms with Crippen molar-refractivity contribution in [2.75, 3.05) is 13.2 Å². The number of unbranched alkanes of at least 4 members (excludes halogenated alkanes) is 33. The molecule has 0 radical (unpaired) electrons. The smallest absolute Gasteiger partial charge is 0.305 e. The molecule has 1 amide bonds. The highest BCUT2D eigenvalue weighted by atomic mass is 16.5. The van der Waals surface area contributed by atoms with Crippen LogP contribution in [0.1, 0.15) is 277 Å². The standard InChI is InChI=1S/C57H105NO5/c1-3-5-7-9-11-13-15-17-25-29-33-37-41-45-49-55(60)54(53-59)58-56(61)50-46-42-38-34-30-26-23-21-19-20-22-24-28-32-36-40-44-48-52-63-57(62)51-47-43-39-35-31-27-18-16-14-12-10-8-6-4-2/h10,12,16,18,21,23,45,49,54-55,59-60H,3-9,11,13-15,17,19-20,22,24-44,46-48,50-53H2,1-2H3,(H,58,61)/b12-10-,18-16-,23-21-,49-45+. The number of aliphatic hydroxyl groups is 2. The number of hydrogen-bond acceptors (Lipinski definition) is 5. The fourth-order valence-corrected chi connectivity index (χ4v) is 8.06. The summed E-state index contributed by atoms with van der Waals surface area (Å²) in [6, 6.07) is -0.638. The largest absolute Gasteiger partial charge is 0.466 e. The minimum Gasteiger partial charge on any atom is -0.466 e. The third kappa shape index (κ3) is 49.1. The Kier molecular flexibility index (Phi) is 50.6. The summed E-state index contributed by atoms with van der Waals surface area (Å²) in [6.45, 7) is 4.83. The van der Waals surface area contributed by atoms with Gasteiger partial charge in [-0.2, -0.15) is 0 Å². The Morgan fingerprint density at radius 3 is 1.27 bits per heavy atom. The van der Waals surface area contributed by atoms with Gasteiger partial charge in [0.2, 0.25) is 5.91 Å². The first-order chi connectivity index (χ1) is 31.0. The predicted octanol–water partition coefficient (Wildman–Crippen LogP) is 16.6. The number of esters is 1. The molecule has 0 rings (SSSR count). The average Bonchev–Trinajstić information content (AvgIpc) is 3.28. The SMILES string of the molecule is CCCC/C=C\C/C=C\CCCCCCCC(=O)OCCCCCCCCCCC/C=C\CCCCCCCC(=O)NC(CO)C(O)/C=C/CCCCCCCCCCCCCC. The average molecular weight is 884 g/mol. The molecule has 0 aromatic carbocycles. The van der Waals surface area contributed by atoms with E-state index in [1.54, 1.807) is 6.08 Å². The van der Waals surface area contributed by atoms with Crippen molar-refractivity contribution in [2.24, 2.45) is 0 Å². The molecule has 0 bridgehead atoms. The van der Waals surface area contributed by atoms with Gasteiger partial charge in [-0.1, -0.05) is 229 Å². The zero-order valence-corrected chi connectivity index (χ0v) is 41.8. The van der Waals surface area contributed by atoms with Gasteiger partial charge in [0.1, 0.15) is 0 Å². The molecule has 0 spiro atoms. The van der Waals surface area contributed by atoms with Gasteiger partial charge in [-0.15, -0.1) is 0 Å². The van der Waals surface area contributed by atoms with Crippen molar-refractivity contribution in [1.29, 1.82) is 0 Å². The van der Waals surface area contributed by atoms with Crippen molar-refractivity contribution in [3.8, 4) is 0 Å². The topological polar surface area (TPSA) is 95.9 Å². The molecule has 63 heavy (non-hydrogen) atoms. The summed E-state index contributed by atoms with van der Waals surface area (Å²) >= 11 is 0. The number of hydrogen-bond donors (Lipinski definition) is 3. The van der Waals surface area contributed by atoms with Crippen molar-refractivity contribution >= 4 is 11.9 Å². The Balaban J connectivity index is 3.49. The third-order valence-electron chi connectivity index (χ3n) is 12.3. The van der Waals surface area contributed by atoms with Crippen LogP contribution < -0.4 is 5.32 Å². The lowest BCUT2D eigenvalue weighted by Gasteiger charge is -2.20. The minimum atomic E-state index is -0.853. The van der Waals surface area contributed by atoms with Gasteiger partial charge in [0.25, 0.3) is 0 Å². The molecule has 6 heteroatoms. The van der Waals surface area contributed by atoms with E-state index in [0.717, 1.165) is 70.6 Å². The molecule has 0 saturated heterocycles. The molecule has 6 nitrogen and oxygen atoms in total. The van der Waals surface area contributed by atoms with E-state index in [9.17, 15) is 19.8 Å². The molecule has 0 aliphatic heterocycles. The van der Waals surface area contributed by atoms with Crippen LogP contribution in [-0.4, -0.2) is 47.4 Å². The van der Waals surface area contributed by atoms with Gasteiger partial charge in [0, 0.05) is 12.8 Å². The summed E-state index contributed by atoms with van der Waals surface area (Å²) < 4.78 is 5.46. The molecule has 2 atom stereocenters. The summed E-state index contributed by atoms with van der Waals surface area (Å²) in [5, 5.41) is 23.0. The monoisotopic (exact) mass is 884 g/mol. The second-order valence-corrected chi connectivity index (χ2v) is 18.5. The van der Waals surface area contributed by atoms with E-state index < -0.39 is 12.1 Å². The van der Waals surface area contributed by atoms with Crippen LogP contribution >= 0.6 is 0 Å². The second kappa shape index (κ2) is 52.4. The van der Waals surface area contributed by atoms with Crippen LogP contribution in [0, 0.1) is 0 Å². The number of carbonyl (C=O) groups is 2. The minimum absolute atomic E-state index is 0.0133. The van der Waals surface area contributed by atoms with Crippen molar-refractivity contribution in [2.45, 2.75) is 289 Å². The van der Waals surface area contributed by atoms with E-state index in [1.165, 1.54) is 180 Å². The lowest BCUT2D eigenvalue weighted by atomic mass is 10.0. The summed E-state index contributed by atoms with van der Waals surface area (Å²) in [5.74, 6) is -0.0968. The molecule has 368 valence electrons. The fourth-order valence-electron chi connectivity index (χ4n) is 8.06. The highest BCUT2D eigenvalue weighted by Crippen LogP contribution is 2.15. The Morgan fingerprint density at radius 2 is 0.810 bits per heavy atom. The molecular formula is C57H105NO5. The summed E-state index contributed by atoms with van der Waals surface area (Å²) in [5.41, 5.74) is 0. The molecule has 0 aliphatic rings. The van der Waals surface area contributed by atoms with Crippen LogP contribution in [0.15, 0.2) is 48.6 Å². The number of aliphatic hydroxyl groups excluding tert-OH is 2. The maximum Gasteiger partial charge on any atom is 0.305 e. The summed E-state index contributed by atoms with van der Waals surface area (Å²) in [4.78, 5) is 24.4. The first kappa shape index (κ1) is 60.8. The lowest BCUT2D eigenvalue weighted by Crippen LogP contribution is -2.45. The molecule has 0 heterocycles. The number of carbonyl (C=O) groups excluding carboxylic acids is 2. The Labute approximate surface area is 391 Å². The summed E-state index contributed by atoms with van der Waals surface area (Å²) in [6.07, 6.45) is 65.5. The molecule has 0 aromatic heterocycles. The highest BCUT2D eigenvalue weighted by molar-refractivity contribution is 5.76. The van der Waals surface area contributed by atoms with Gasteiger partial charge >= 0.3 is 5.97 Å². The van der Waals surface area contributed by atoms with Crippen molar-refractivity contribution in [3.05, 3.63) is 48.6 Å². The number of allylic oxidation sites excluding steroid dienone is 7. The van der Waals surface area contributed by atoms with Gasteiger partial charge < -0.3 is 20.3 Å². The highest BCUT2D eigenvalue weighted by Gasteiger charge is 2.18. The quantitative estimate of drug-likeness (QED) is 0.0321. The molecule has 0 aromatic rings. The van der Waals surface area contributed by atoms with Crippen LogP contribution in [0.2, 0.25) is 0 Å². The van der Waals surface area contributed by atoms with Crippen molar-refractivity contribution in [3.63, 3.8) is 0 Å². The van der Waals surface area contributed by atoms with Gasteiger partial charge in [0.15, 0.2) is 0 Å². The molecule has 3 N–H and O–H groups in total. The van der Waals surface area contributed by atoms with Gasteiger partial charge in [-0.25, -0.2) is 0 Å². The third-order valence-corrected chi connectivity index (χ3v) is 12.3. The first-order valence-electron chi connectivity index (χ1n) is 27.4. The number of nitrogens with one attached hydrogen (secondary N) is 1. The van der Waals surface area contributed by atoms with Crippen molar-refractivity contribution < 1.29 is 24.5 Å². The van der Waals surface area contributed by atoms with E-state index in [0.29, 0.717) is 19.4 Å². The fraction of sp³-hybridized carbons (Fsp3) is 0.825. The predicted molar refractivity (Wildman–Crippen MR) is 273 cm³/mol. The van der Waals surface area contributed by atoms with E-state index in [2.05, 4.69) is 55.6 Å². The Hall–Kier alpha value is -2.18. The van der Waals surface area contributed by atoms with E-state index >= 15 is 0 Å². The zero-order chi connectivity index (χ0) is 45.8. The Morgan fingerprint density at radius 1 is 0.444 bits per heavy atom. The molecule has 2 unspecified atom stereocenters. The first-order valence-corrected chi connectivity index (χ1v) is 27.4. The second-order valence-electron chi connectivity index (χ2n) is 18.5. The maximum absolute atomic E-state index is 12.4. The maximum atomic E-state index is 12.4. The molecule has 0 aliphatic carbocycles. The molecular weight excluding hydrogens is 779 g/mol. The lowest BCUT2D eigenvalue weighted by molar-refractivity contribution is -0.143.